The predicted molar refractivity (Wildman–Crippen MR) is 104 cm³/mol. The zero-order valence-electron chi connectivity index (χ0n) is 15.2. The van der Waals surface area contributed by atoms with Crippen LogP contribution in [-0.4, -0.2) is 37.1 Å². The first kappa shape index (κ1) is 18.6. The van der Waals surface area contributed by atoms with Gasteiger partial charge in [-0.05, 0) is 17.2 Å². The van der Waals surface area contributed by atoms with Gasteiger partial charge < -0.3 is 15.8 Å². The van der Waals surface area contributed by atoms with Gasteiger partial charge in [0.2, 0.25) is 5.91 Å². The second kappa shape index (κ2) is 8.94. The van der Waals surface area contributed by atoms with Crippen LogP contribution in [0.3, 0.4) is 0 Å². The highest BCUT2D eigenvalue weighted by Crippen LogP contribution is 2.23. The van der Waals surface area contributed by atoms with Crippen LogP contribution in [0, 0.1) is 5.92 Å². The molecule has 26 heavy (non-hydrogen) atoms. The SMILES string of the molecule is CC(C(=O)Nc1ccccc1CN1CCOCC1)C(N)c1ccccc1. The zero-order chi connectivity index (χ0) is 18.4. The highest BCUT2D eigenvalue weighted by Gasteiger charge is 2.23. The minimum absolute atomic E-state index is 0.0595. The van der Waals surface area contributed by atoms with E-state index in [1.807, 2.05) is 55.5 Å². The summed E-state index contributed by atoms with van der Waals surface area (Å²) in [4.78, 5) is 15.1. The van der Waals surface area contributed by atoms with Crippen LogP contribution in [-0.2, 0) is 16.1 Å². The van der Waals surface area contributed by atoms with E-state index < -0.39 is 0 Å². The number of anilines is 1. The fraction of sp³-hybridized carbons (Fsp3) is 0.381. The molecular weight excluding hydrogens is 326 g/mol. The van der Waals surface area contributed by atoms with Crippen molar-refractivity contribution in [2.45, 2.75) is 19.5 Å². The average Bonchev–Trinajstić information content (AvgIpc) is 2.69. The predicted octanol–water partition coefficient (Wildman–Crippen LogP) is 2.79. The van der Waals surface area contributed by atoms with Gasteiger partial charge in [0.25, 0.3) is 0 Å². The molecule has 0 radical (unpaired) electrons. The summed E-state index contributed by atoms with van der Waals surface area (Å²) in [5.41, 5.74) is 9.24. The van der Waals surface area contributed by atoms with E-state index >= 15 is 0 Å². The summed E-state index contributed by atoms with van der Waals surface area (Å²) < 4.78 is 5.41. The quantitative estimate of drug-likeness (QED) is 0.838. The molecule has 2 aromatic rings. The van der Waals surface area contributed by atoms with Gasteiger partial charge in [0.1, 0.15) is 0 Å². The van der Waals surface area contributed by atoms with Gasteiger partial charge in [-0.25, -0.2) is 0 Å². The highest BCUT2D eigenvalue weighted by molar-refractivity contribution is 5.93. The maximum absolute atomic E-state index is 12.7. The number of hydrogen-bond donors (Lipinski definition) is 2. The molecule has 0 aliphatic carbocycles. The van der Waals surface area contributed by atoms with E-state index in [-0.39, 0.29) is 17.9 Å². The van der Waals surface area contributed by atoms with Crippen LogP contribution < -0.4 is 11.1 Å². The van der Waals surface area contributed by atoms with Crippen LogP contribution in [0.1, 0.15) is 24.1 Å². The van der Waals surface area contributed by atoms with Gasteiger partial charge in [-0.1, -0.05) is 55.5 Å². The molecule has 1 heterocycles. The maximum Gasteiger partial charge on any atom is 0.229 e. The fourth-order valence-corrected chi connectivity index (χ4v) is 3.15. The third-order valence-corrected chi connectivity index (χ3v) is 4.91. The molecule has 138 valence electrons. The Morgan fingerprint density at radius 1 is 1.12 bits per heavy atom. The van der Waals surface area contributed by atoms with Crippen molar-refractivity contribution >= 4 is 11.6 Å². The summed E-state index contributed by atoms with van der Waals surface area (Å²) in [6, 6.07) is 17.4. The van der Waals surface area contributed by atoms with Gasteiger partial charge in [-0.2, -0.15) is 0 Å². The number of para-hydroxylation sites is 1. The molecule has 0 spiro atoms. The number of carbonyl (C=O) groups excluding carboxylic acids is 1. The molecule has 1 aliphatic rings. The van der Waals surface area contributed by atoms with Crippen molar-refractivity contribution in [3.63, 3.8) is 0 Å². The summed E-state index contributed by atoms with van der Waals surface area (Å²) in [5.74, 6) is -0.385. The molecule has 2 unspecified atom stereocenters. The number of amides is 1. The standard InChI is InChI=1S/C21H27N3O2/c1-16(20(22)17-7-3-2-4-8-17)21(25)23-19-10-6-5-9-18(19)15-24-11-13-26-14-12-24/h2-10,16,20H,11-15,22H2,1H3,(H,23,25). The van der Waals surface area contributed by atoms with E-state index in [2.05, 4.69) is 16.3 Å². The Bertz CT molecular complexity index is 714. The Labute approximate surface area is 155 Å². The summed E-state index contributed by atoms with van der Waals surface area (Å²) in [7, 11) is 0. The lowest BCUT2D eigenvalue weighted by Crippen LogP contribution is -2.36. The van der Waals surface area contributed by atoms with E-state index in [9.17, 15) is 4.79 Å². The van der Waals surface area contributed by atoms with Crippen LogP contribution in [0.5, 0.6) is 0 Å². The molecule has 0 aromatic heterocycles. The van der Waals surface area contributed by atoms with Gasteiger partial charge in [0.05, 0.1) is 19.1 Å². The zero-order valence-corrected chi connectivity index (χ0v) is 15.2. The largest absolute Gasteiger partial charge is 0.379 e. The molecule has 2 aromatic carbocycles. The van der Waals surface area contributed by atoms with Gasteiger partial charge in [0, 0.05) is 31.4 Å². The monoisotopic (exact) mass is 353 g/mol. The average molecular weight is 353 g/mol. The summed E-state index contributed by atoms with van der Waals surface area (Å²) in [6.07, 6.45) is 0. The molecule has 5 nitrogen and oxygen atoms in total. The first-order valence-corrected chi connectivity index (χ1v) is 9.14. The lowest BCUT2D eigenvalue weighted by molar-refractivity contribution is -0.120. The van der Waals surface area contributed by atoms with Crippen LogP contribution in [0.15, 0.2) is 54.6 Å². The minimum Gasteiger partial charge on any atom is -0.379 e. The second-order valence-electron chi connectivity index (χ2n) is 6.76. The van der Waals surface area contributed by atoms with E-state index in [0.717, 1.165) is 49.7 Å². The Hall–Kier alpha value is -2.21. The third kappa shape index (κ3) is 4.69. The molecule has 2 atom stereocenters. The minimum atomic E-state index is -0.331. The summed E-state index contributed by atoms with van der Waals surface area (Å²) >= 11 is 0. The van der Waals surface area contributed by atoms with Crippen molar-refractivity contribution in [1.29, 1.82) is 0 Å². The van der Waals surface area contributed by atoms with Gasteiger partial charge in [-0.3, -0.25) is 9.69 Å². The maximum atomic E-state index is 12.7. The lowest BCUT2D eigenvalue weighted by Gasteiger charge is -2.27. The summed E-state index contributed by atoms with van der Waals surface area (Å²) in [5, 5.41) is 3.07. The first-order valence-electron chi connectivity index (χ1n) is 9.14. The highest BCUT2D eigenvalue weighted by atomic mass is 16.5. The molecule has 1 amide bonds. The molecule has 0 bridgehead atoms. The number of nitrogens with two attached hydrogens (primary N) is 1. The third-order valence-electron chi connectivity index (χ3n) is 4.91. The second-order valence-corrected chi connectivity index (χ2v) is 6.76. The van der Waals surface area contributed by atoms with Crippen molar-refractivity contribution in [2.75, 3.05) is 31.6 Å². The van der Waals surface area contributed by atoms with Crippen LogP contribution >= 0.6 is 0 Å². The number of hydrogen-bond acceptors (Lipinski definition) is 4. The van der Waals surface area contributed by atoms with Crippen LogP contribution in [0.25, 0.3) is 0 Å². The Morgan fingerprint density at radius 2 is 1.77 bits per heavy atom. The first-order chi connectivity index (χ1) is 12.6. The number of nitrogens with zero attached hydrogens (tertiary/aromatic N) is 1. The Kier molecular flexibility index (Phi) is 6.39. The van der Waals surface area contributed by atoms with Crippen molar-refractivity contribution < 1.29 is 9.53 Å². The van der Waals surface area contributed by atoms with E-state index in [0.29, 0.717) is 0 Å². The molecular formula is C21H27N3O2. The van der Waals surface area contributed by atoms with Gasteiger partial charge >= 0.3 is 0 Å². The van der Waals surface area contributed by atoms with Crippen molar-refractivity contribution in [2.24, 2.45) is 11.7 Å². The van der Waals surface area contributed by atoms with Crippen LogP contribution in [0.4, 0.5) is 5.69 Å². The number of carbonyl (C=O) groups is 1. The number of rotatable bonds is 6. The normalized spacial score (nSPS) is 17.5. The molecule has 3 N–H and O–H groups in total. The fourth-order valence-electron chi connectivity index (χ4n) is 3.15. The molecule has 3 rings (SSSR count). The number of nitrogens with one attached hydrogen (secondary N) is 1. The molecule has 5 heteroatoms. The molecule has 1 fully saturated rings. The lowest BCUT2D eigenvalue weighted by atomic mass is 9.94. The van der Waals surface area contributed by atoms with Crippen LogP contribution in [0.2, 0.25) is 0 Å². The molecule has 1 saturated heterocycles. The number of benzene rings is 2. The van der Waals surface area contributed by atoms with Gasteiger partial charge in [-0.15, -0.1) is 0 Å². The van der Waals surface area contributed by atoms with Crippen molar-refractivity contribution in [3.8, 4) is 0 Å². The van der Waals surface area contributed by atoms with E-state index in [1.165, 1.54) is 0 Å². The molecule has 0 saturated carbocycles. The van der Waals surface area contributed by atoms with Gasteiger partial charge in [0.15, 0.2) is 0 Å². The van der Waals surface area contributed by atoms with Crippen molar-refractivity contribution in [3.05, 3.63) is 65.7 Å². The van der Waals surface area contributed by atoms with E-state index in [4.69, 9.17) is 10.5 Å². The Morgan fingerprint density at radius 3 is 2.50 bits per heavy atom. The smallest absolute Gasteiger partial charge is 0.229 e. The van der Waals surface area contributed by atoms with Crippen molar-refractivity contribution in [1.82, 2.24) is 4.90 Å². The molecule has 1 aliphatic heterocycles. The Balaban J connectivity index is 1.67. The topological polar surface area (TPSA) is 67.6 Å². The van der Waals surface area contributed by atoms with E-state index in [1.54, 1.807) is 0 Å². The number of ether oxygens (including phenoxy) is 1. The number of morpholine rings is 1. The summed E-state index contributed by atoms with van der Waals surface area (Å²) in [6.45, 7) is 6.03.